The van der Waals surface area contributed by atoms with Crippen LogP contribution >= 0.6 is 0 Å². The zero-order valence-electron chi connectivity index (χ0n) is 19.0. The topological polar surface area (TPSA) is 126 Å². The van der Waals surface area contributed by atoms with E-state index in [4.69, 9.17) is 5.73 Å². The number of anilines is 3. The number of amides is 3. The molecule has 0 spiro atoms. The van der Waals surface area contributed by atoms with E-state index < -0.39 is 23.3 Å². The first-order valence-electron chi connectivity index (χ1n) is 11.1. The van der Waals surface area contributed by atoms with Gasteiger partial charge < -0.3 is 16.4 Å². The Bertz CT molecular complexity index is 1220. The molecule has 1 aromatic heterocycles. The zero-order valence-corrected chi connectivity index (χ0v) is 19.0. The lowest BCUT2D eigenvalue weighted by atomic mass is 9.85. The number of imide groups is 1. The Morgan fingerprint density at radius 3 is 2.53 bits per heavy atom. The first-order valence-corrected chi connectivity index (χ1v) is 11.1. The number of benzene rings is 2. The molecule has 1 unspecified atom stereocenters. The van der Waals surface area contributed by atoms with Gasteiger partial charge in [-0.15, -0.1) is 0 Å². The lowest BCUT2D eigenvalue weighted by molar-refractivity contribution is -0.132. The van der Waals surface area contributed by atoms with Crippen LogP contribution in [0, 0.1) is 12.7 Å². The van der Waals surface area contributed by atoms with E-state index in [0.717, 1.165) is 22.6 Å². The van der Waals surface area contributed by atoms with Crippen molar-refractivity contribution in [3.8, 4) is 0 Å². The van der Waals surface area contributed by atoms with Crippen LogP contribution in [-0.4, -0.2) is 31.8 Å². The lowest BCUT2D eigenvalue weighted by Crippen LogP contribution is -2.44. The van der Waals surface area contributed by atoms with Crippen molar-refractivity contribution in [2.24, 2.45) is 0 Å². The molecule has 34 heavy (non-hydrogen) atoms. The summed E-state index contributed by atoms with van der Waals surface area (Å²) >= 11 is 0. The maximum absolute atomic E-state index is 13.6. The van der Waals surface area contributed by atoms with E-state index >= 15 is 0 Å². The summed E-state index contributed by atoms with van der Waals surface area (Å²) in [6, 6.07) is 12.6. The van der Waals surface area contributed by atoms with Crippen molar-refractivity contribution in [2.45, 2.75) is 45.2 Å². The quantitative estimate of drug-likeness (QED) is 0.434. The summed E-state index contributed by atoms with van der Waals surface area (Å²) in [5.74, 6) is -0.525. The van der Waals surface area contributed by atoms with E-state index in [-0.39, 0.29) is 24.3 Å². The first kappa shape index (κ1) is 23.1. The molecule has 9 nitrogen and oxygen atoms in total. The van der Waals surface area contributed by atoms with Crippen LogP contribution < -0.4 is 16.4 Å². The number of carbonyl (C=O) groups excluding carboxylic acids is 2. The number of nitrogens with two attached hydrogens (primary N) is 1. The molecule has 3 amide bonds. The molecule has 3 aromatic rings. The maximum atomic E-state index is 13.6. The van der Waals surface area contributed by atoms with Crippen molar-refractivity contribution >= 4 is 29.5 Å². The molecule has 1 fully saturated rings. The minimum absolute atomic E-state index is 0.0380. The van der Waals surface area contributed by atoms with E-state index in [9.17, 15) is 14.0 Å². The fourth-order valence-electron chi connectivity index (χ4n) is 4.00. The van der Waals surface area contributed by atoms with Gasteiger partial charge in [-0.3, -0.25) is 9.69 Å². The molecule has 10 heteroatoms. The van der Waals surface area contributed by atoms with Crippen LogP contribution in [0.3, 0.4) is 0 Å². The number of carbonyl (C=O) groups is 2. The highest BCUT2D eigenvalue weighted by Gasteiger charge is 2.52. The maximum Gasteiger partial charge on any atom is 0.325 e. The van der Waals surface area contributed by atoms with Gasteiger partial charge in [0.25, 0.3) is 5.91 Å². The molecular weight excluding hydrogens is 437 g/mol. The van der Waals surface area contributed by atoms with Crippen molar-refractivity contribution in [1.29, 1.82) is 0 Å². The molecule has 4 rings (SSSR count). The van der Waals surface area contributed by atoms with Crippen molar-refractivity contribution < 1.29 is 14.0 Å². The molecule has 1 aliphatic rings. The molecule has 4 N–H and O–H groups in total. The third kappa shape index (κ3) is 4.52. The minimum atomic E-state index is -1.28. The monoisotopic (exact) mass is 463 g/mol. The number of rotatable bonds is 8. The van der Waals surface area contributed by atoms with Crippen LogP contribution in [0.4, 0.5) is 26.8 Å². The number of unbranched alkanes of at least 4 members (excludes halogenated alkanes) is 1. The average molecular weight is 464 g/mol. The number of nitrogens with zero attached hydrogens (tertiary/aromatic N) is 4. The zero-order chi connectivity index (χ0) is 24.3. The summed E-state index contributed by atoms with van der Waals surface area (Å²) in [4.78, 5) is 40.1. The molecule has 2 heterocycles. The van der Waals surface area contributed by atoms with Crippen LogP contribution in [0.25, 0.3) is 0 Å². The number of halogens is 1. The fraction of sp³-hybridized carbons (Fsp3) is 0.292. The first-order chi connectivity index (χ1) is 16.3. The third-order valence-electron chi connectivity index (χ3n) is 5.81. The fourth-order valence-corrected chi connectivity index (χ4v) is 4.00. The van der Waals surface area contributed by atoms with E-state index in [1.54, 1.807) is 0 Å². The highest BCUT2D eigenvalue weighted by Crippen LogP contribution is 2.35. The minimum Gasteiger partial charge on any atom is -0.368 e. The molecule has 1 aliphatic heterocycles. The van der Waals surface area contributed by atoms with Gasteiger partial charge in [0.15, 0.2) is 5.82 Å². The van der Waals surface area contributed by atoms with Crippen molar-refractivity contribution in [2.75, 3.05) is 11.1 Å². The Balaban J connectivity index is 1.62. The van der Waals surface area contributed by atoms with Crippen molar-refractivity contribution in [3.63, 3.8) is 0 Å². The third-order valence-corrected chi connectivity index (χ3v) is 5.81. The van der Waals surface area contributed by atoms with Gasteiger partial charge in [-0.25, -0.2) is 9.18 Å². The summed E-state index contributed by atoms with van der Waals surface area (Å²) in [6.45, 7) is 3.75. The summed E-state index contributed by atoms with van der Waals surface area (Å²) in [6.07, 6.45) is 1.90. The number of aryl methyl sites for hydroxylation is 1. The summed E-state index contributed by atoms with van der Waals surface area (Å²) in [5, 5.41) is 5.93. The second kappa shape index (κ2) is 9.42. The SMILES string of the molecule is CCCCC1(c2ccc(F)cc2)NC(=O)N(Cc2nc(N)nc(Nc3ccccc3C)n2)C1=O. The van der Waals surface area contributed by atoms with Gasteiger partial charge in [-0.1, -0.05) is 50.1 Å². The number of nitrogen functional groups attached to an aromatic ring is 1. The molecule has 176 valence electrons. The smallest absolute Gasteiger partial charge is 0.325 e. The predicted molar refractivity (Wildman–Crippen MR) is 125 cm³/mol. The Morgan fingerprint density at radius 1 is 1.09 bits per heavy atom. The van der Waals surface area contributed by atoms with E-state index in [1.165, 1.54) is 24.3 Å². The van der Waals surface area contributed by atoms with Crippen LogP contribution in [0.15, 0.2) is 48.5 Å². The van der Waals surface area contributed by atoms with Crippen LogP contribution in [0.1, 0.15) is 43.1 Å². The number of nitrogens with one attached hydrogen (secondary N) is 2. The van der Waals surface area contributed by atoms with E-state index in [2.05, 4.69) is 25.6 Å². The number of para-hydroxylation sites is 1. The second-order valence-electron chi connectivity index (χ2n) is 8.21. The number of hydrogen-bond donors (Lipinski definition) is 3. The summed E-state index contributed by atoms with van der Waals surface area (Å²) in [5.41, 5.74) is 6.91. The van der Waals surface area contributed by atoms with Crippen LogP contribution in [0.5, 0.6) is 0 Å². The molecule has 0 bridgehead atoms. The number of urea groups is 1. The molecule has 0 aliphatic carbocycles. The van der Waals surface area contributed by atoms with Gasteiger partial charge in [0.2, 0.25) is 11.9 Å². The molecule has 1 atom stereocenters. The van der Waals surface area contributed by atoms with Gasteiger partial charge in [0.05, 0.1) is 6.54 Å². The molecule has 2 aromatic carbocycles. The lowest BCUT2D eigenvalue weighted by Gasteiger charge is -2.27. The van der Waals surface area contributed by atoms with Crippen LogP contribution in [-0.2, 0) is 16.9 Å². The highest BCUT2D eigenvalue weighted by atomic mass is 19.1. The van der Waals surface area contributed by atoms with Gasteiger partial charge in [0.1, 0.15) is 11.4 Å². The van der Waals surface area contributed by atoms with Gasteiger partial charge >= 0.3 is 6.03 Å². The number of hydrogen-bond acceptors (Lipinski definition) is 7. The van der Waals surface area contributed by atoms with E-state index in [1.807, 2.05) is 38.1 Å². The van der Waals surface area contributed by atoms with Gasteiger partial charge in [-0.05, 0) is 42.7 Å². The summed E-state index contributed by atoms with van der Waals surface area (Å²) in [7, 11) is 0. The van der Waals surface area contributed by atoms with E-state index in [0.29, 0.717) is 18.4 Å². The van der Waals surface area contributed by atoms with Gasteiger partial charge in [0, 0.05) is 5.69 Å². The predicted octanol–water partition coefficient (Wildman–Crippen LogP) is 3.78. The van der Waals surface area contributed by atoms with Crippen LogP contribution in [0.2, 0.25) is 0 Å². The standard InChI is InChI=1S/C24H26FN7O2/c1-3-4-13-24(16-9-11-17(25)12-10-16)20(33)32(23(34)31-24)14-19-28-21(26)30-22(29-19)27-18-8-6-5-7-15(18)2/h5-12H,3-4,13-14H2,1-2H3,(H,31,34)(H3,26,27,28,29,30). The average Bonchev–Trinajstić information content (AvgIpc) is 3.04. The highest BCUT2D eigenvalue weighted by molar-refractivity contribution is 6.07. The Morgan fingerprint density at radius 2 is 1.82 bits per heavy atom. The van der Waals surface area contributed by atoms with Crippen molar-refractivity contribution in [3.05, 3.63) is 71.3 Å². The largest absolute Gasteiger partial charge is 0.368 e. The Labute approximate surface area is 196 Å². The molecule has 0 saturated carbocycles. The molecule has 0 radical (unpaired) electrons. The Kier molecular flexibility index (Phi) is 6.40. The van der Waals surface area contributed by atoms with Crippen molar-refractivity contribution in [1.82, 2.24) is 25.2 Å². The van der Waals surface area contributed by atoms with Gasteiger partial charge in [-0.2, -0.15) is 15.0 Å². The molecular formula is C24H26FN7O2. The normalized spacial score (nSPS) is 17.7. The Hall–Kier alpha value is -4.08. The summed E-state index contributed by atoms with van der Waals surface area (Å²) < 4.78 is 13.5. The second-order valence-corrected chi connectivity index (χ2v) is 8.21. The number of aromatic nitrogens is 3. The molecule has 1 saturated heterocycles.